The number of phenols is 1. The first-order valence-electron chi connectivity index (χ1n) is 9.01. The van der Waals surface area contributed by atoms with Crippen molar-refractivity contribution >= 4 is 10.9 Å². The number of aliphatic hydroxyl groups is 2. The van der Waals surface area contributed by atoms with Crippen molar-refractivity contribution < 1.29 is 15.3 Å². The molecule has 2 aliphatic rings. The Morgan fingerprint density at radius 1 is 1.36 bits per heavy atom. The lowest BCUT2D eigenvalue weighted by Gasteiger charge is -2.51. The number of H-pyrrole nitrogens is 1. The van der Waals surface area contributed by atoms with Gasteiger partial charge in [-0.25, -0.2) is 0 Å². The molecule has 1 aromatic heterocycles. The van der Waals surface area contributed by atoms with E-state index in [1.807, 2.05) is 25.1 Å². The van der Waals surface area contributed by atoms with Crippen LogP contribution in [-0.2, 0) is 6.42 Å². The molecule has 5 nitrogen and oxygen atoms in total. The minimum atomic E-state index is 0.0499. The van der Waals surface area contributed by atoms with Crippen LogP contribution in [0, 0.1) is 11.8 Å². The number of aromatic nitrogens is 1. The van der Waals surface area contributed by atoms with Crippen molar-refractivity contribution in [2.45, 2.75) is 31.8 Å². The number of aromatic amines is 1. The topological polar surface area (TPSA) is 79.7 Å². The molecule has 1 fully saturated rings. The first-order valence-corrected chi connectivity index (χ1v) is 9.01. The highest BCUT2D eigenvalue weighted by Crippen LogP contribution is 2.49. The van der Waals surface area contributed by atoms with E-state index >= 15 is 0 Å². The van der Waals surface area contributed by atoms with Crippen molar-refractivity contribution in [1.29, 1.82) is 0 Å². The standard InChI is InChI=1S/C20H26N2O3/c1-3-11(9-23)13-7-19-20-15(8-18(22(19)2)16(13)10-24)14-6-12(25)4-5-17(14)21-20/h3-6,13,16,18-19,21,23-25H,7-10H2,1-2H3. The summed E-state index contributed by atoms with van der Waals surface area (Å²) in [5, 5.41) is 30.8. The summed E-state index contributed by atoms with van der Waals surface area (Å²) in [5.41, 5.74) is 4.56. The average Bonchev–Trinajstić information content (AvgIpc) is 2.95. The number of rotatable bonds is 3. The average molecular weight is 342 g/mol. The number of aliphatic hydroxyl groups excluding tert-OH is 2. The van der Waals surface area contributed by atoms with Crippen LogP contribution < -0.4 is 0 Å². The summed E-state index contributed by atoms with van der Waals surface area (Å²) in [5.74, 6) is 0.584. The maximum absolute atomic E-state index is 10.1. The molecule has 4 N–H and O–H groups in total. The summed E-state index contributed by atoms with van der Waals surface area (Å²) in [6.07, 6.45) is 3.72. The third-order valence-corrected chi connectivity index (χ3v) is 6.41. The van der Waals surface area contributed by atoms with E-state index < -0.39 is 0 Å². The monoisotopic (exact) mass is 342 g/mol. The van der Waals surface area contributed by atoms with Crippen LogP contribution in [0.4, 0.5) is 0 Å². The van der Waals surface area contributed by atoms with Gasteiger partial charge in [0.25, 0.3) is 0 Å². The second-order valence-corrected chi connectivity index (χ2v) is 7.41. The lowest BCUT2D eigenvalue weighted by Crippen LogP contribution is -2.54. The highest BCUT2D eigenvalue weighted by atomic mass is 16.3. The number of benzene rings is 1. The highest BCUT2D eigenvalue weighted by molar-refractivity contribution is 5.86. The number of hydrogen-bond acceptors (Lipinski definition) is 4. The van der Waals surface area contributed by atoms with Crippen LogP contribution in [0.5, 0.6) is 5.75 Å². The van der Waals surface area contributed by atoms with Crippen molar-refractivity contribution in [3.8, 4) is 5.75 Å². The predicted molar refractivity (Wildman–Crippen MR) is 97.5 cm³/mol. The van der Waals surface area contributed by atoms with Crippen molar-refractivity contribution in [1.82, 2.24) is 9.88 Å². The van der Waals surface area contributed by atoms with Gasteiger partial charge in [0.2, 0.25) is 0 Å². The van der Waals surface area contributed by atoms with Gasteiger partial charge in [-0.3, -0.25) is 4.90 Å². The van der Waals surface area contributed by atoms with Crippen molar-refractivity contribution in [3.05, 3.63) is 41.1 Å². The number of phenolic OH excluding ortho intramolecular Hbond substituents is 1. The second kappa shape index (κ2) is 6.16. The van der Waals surface area contributed by atoms with E-state index in [1.165, 1.54) is 11.3 Å². The Bertz CT molecular complexity index is 826. The van der Waals surface area contributed by atoms with Crippen LogP contribution in [0.25, 0.3) is 10.9 Å². The molecule has 2 aliphatic heterocycles. The zero-order chi connectivity index (χ0) is 17.7. The number of aromatic hydroxyl groups is 1. The van der Waals surface area contributed by atoms with E-state index in [0.717, 1.165) is 29.3 Å². The summed E-state index contributed by atoms with van der Waals surface area (Å²) < 4.78 is 0. The summed E-state index contributed by atoms with van der Waals surface area (Å²) in [6.45, 7) is 2.13. The molecule has 4 atom stereocenters. The number of fused-ring (bicyclic) bond motifs is 6. The first kappa shape index (κ1) is 16.6. The van der Waals surface area contributed by atoms with Gasteiger partial charge in [-0.15, -0.1) is 0 Å². The summed E-state index contributed by atoms with van der Waals surface area (Å²) in [6, 6.07) is 5.94. The van der Waals surface area contributed by atoms with Gasteiger partial charge in [-0.2, -0.15) is 0 Å². The number of piperidine rings is 1. The van der Waals surface area contributed by atoms with E-state index in [9.17, 15) is 15.3 Å². The van der Waals surface area contributed by atoms with Crippen LogP contribution in [0.3, 0.4) is 0 Å². The molecule has 5 heteroatoms. The molecule has 1 saturated heterocycles. The quantitative estimate of drug-likeness (QED) is 0.646. The Balaban J connectivity index is 1.84. The molecule has 25 heavy (non-hydrogen) atoms. The lowest BCUT2D eigenvalue weighted by atomic mass is 9.68. The molecule has 134 valence electrons. The van der Waals surface area contributed by atoms with E-state index in [-0.39, 0.29) is 42.9 Å². The van der Waals surface area contributed by atoms with Crippen LogP contribution >= 0.6 is 0 Å². The zero-order valence-corrected chi connectivity index (χ0v) is 14.7. The second-order valence-electron chi connectivity index (χ2n) is 7.41. The van der Waals surface area contributed by atoms with Crippen LogP contribution in [0.15, 0.2) is 29.8 Å². The SMILES string of the molecule is CC=C(CO)C1CC2c3[nH]c4ccc(O)cc4c3CC(C1CO)N2C. The third kappa shape index (κ3) is 2.41. The van der Waals surface area contributed by atoms with Gasteiger partial charge in [0.1, 0.15) is 5.75 Å². The van der Waals surface area contributed by atoms with Gasteiger partial charge in [0, 0.05) is 35.2 Å². The van der Waals surface area contributed by atoms with Gasteiger partial charge < -0.3 is 20.3 Å². The maximum Gasteiger partial charge on any atom is 0.116 e. The Kier molecular flexibility index (Phi) is 4.10. The fourth-order valence-corrected chi connectivity index (χ4v) is 5.07. The van der Waals surface area contributed by atoms with E-state index in [1.54, 1.807) is 6.07 Å². The normalized spacial score (nSPS) is 29.8. The Morgan fingerprint density at radius 3 is 2.84 bits per heavy atom. The molecule has 4 unspecified atom stereocenters. The molecule has 0 saturated carbocycles. The Labute approximate surface area is 147 Å². The lowest BCUT2D eigenvalue weighted by molar-refractivity contribution is -0.00908. The first-order chi connectivity index (χ1) is 12.1. The molecule has 0 amide bonds. The molecule has 2 aromatic rings. The van der Waals surface area contributed by atoms with E-state index in [4.69, 9.17) is 0 Å². The molecular weight excluding hydrogens is 316 g/mol. The molecule has 0 spiro atoms. The predicted octanol–water partition coefficient (Wildman–Crippen LogP) is 2.34. The molecule has 0 radical (unpaired) electrons. The van der Waals surface area contributed by atoms with Gasteiger partial charge >= 0.3 is 0 Å². The van der Waals surface area contributed by atoms with Crippen LogP contribution in [-0.4, -0.2) is 51.5 Å². The molecule has 0 aliphatic carbocycles. The van der Waals surface area contributed by atoms with Gasteiger partial charge in [-0.05, 0) is 62.1 Å². The van der Waals surface area contributed by atoms with E-state index in [0.29, 0.717) is 0 Å². The number of nitrogens with one attached hydrogen (secondary N) is 1. The van der Waals surface area contributed by atoms with Crippen LogP contribution in [0.2, 0.25) is 0 Å². The summed E-state index contributed by atoms with van der Waals surface area (Å²) in [4.78, 5) is 5.93. The van der Waals surface area contributed by atoms with Gasteiger partial charge in [-0.1, -0.05) is 6.08 Å². The molecule has 3 heterocycles. The molecular formula is C20H26N2O3. The maximum atomic E-state index is 10.1. The van der Waals surface area contributed by atoms with Crippen molar-refractivity contribution in [2.24, 2.45) is 11.8 Å². The Hall–Kier alpha value is -1.82. The number of nitrogens with zero attached hydrogens (tertiary/aromatic N) is 1. The minimum Gasteiger partial charge on any atom is -0.508 e. The zero-order valence-electron chi connectivity index (χ0n) is 14.7. The fourth-order valence-electron chi connectivity index (χ4n) is 5.07. The van der Waals surface area contributed by atoms with E-state index in [2.05, 4.69) is 16.9 Å². The number of likely N-dealkylation sites (N-methyl/N-ethyl adjacent to an activating group) is 1. The number of hydrogen-bond donors (Lipinski definition) is 4. The van der Waals surface area contributed by atoms with Gasteiger partial charge in [0.05, 0.1) is 12.6 Å². The minimum absolute atomic E-state index is 0.0499. The van der Waals surface area contributed by atoms with Gasteiger partial charge in [0.15, 0.2) is 0 Å². The summed E-state index contributed by atoms with van der Waals surface area (Å²) in [7, 11) is 2.13. The third-order valence-electron chi connectivity index (χ3n) is 6.41. The highest BCUT2D eigenvalue weighted by Gasteiger charge is 2.47. The van der Waals surface area contributed by atoms with Crippen LogP contribution in [0.1, 0.15) is 30.6 Å². The van der Waals surface area contributed by atoms with Crippen molar-refractivity contribution in [3.63, 3.8) is 0 Å². The summed E-state index contributed by atoms with van der Waals surface area (Å²) >= 11 is 0. The molecule has 4 rings (SSSR count). The molecule has 1 aromatic carbocycles. The largest absolute Gasteiger partial charge is 0.508 e. The number of allylic oxidation sites excluding steroid dienone is 1. The molecule has 2 bridgehead atoms. The fraction of sp³-hybridized carbons (Fsp3) is 0.500. The smallest absolute Gasteiger partial charge is 0.116 e. The van der Waals surface area contributed by atoms with Crippen molar-refractivity contribution in [2.75, 3.05) is 20.3 Å². The Morgan fingerprint density at radius 2 is 2.16 bits per heavy atom.